The summed E-state index contributed by atoms with van der Waals surface area (Å²) < 4.78 is 0. The Hall–Kier alpha value is -2.03. The lowest BCUT2D eigenvalue weighted by molar-refractivity contribution is 0.239. The molecule has 0 saturated heterocycles. The second kappa shape index (κ2) is 4.87. The van der Waals surface area contributed by atoms with Crippen LogP contribution in [-0.4, -0.2) is 10.9 Å². The van der Waals surface area contributed by atoms with E-state index in [0.717, 1.165) is 5.69 Å². The van der Waals surface area contributed by atoms with Gasteiger partial charge in [0.1, 0.15) is 0 Å². The highest BCUT2D eigenvalue weighted by atomic mass is 16.2. The van der Waals surface area contributed by atoms with Crippen LogP contribution in [0.1, 0.15) is 0 Å². The number of hydrogen-bond donors (Lipinski definition) is 1. The van der Waals surface area contributed by atoms with Crippen molar-refractivity contribution in [1.29, 1.82) is 0 Å². The molecule has 0 aliphatic carbocycles. The topological polar surface area (TPSA) is 32.3 Å². The molecule has 0 saturated carbocycles. The van der Waals surface area contributed by atoms with Gasteiger partial charge in [0.05, 0.1) is 0 Å². The van der Waals surface area contributed by atoms with Gasteiger partial charge in [-0.2, -0.15) is 0 Å². The molecule has 0 aliphatic heterocycles. The number of carbonyl (C=O) groups is 1. The second-order valence-electron chi connectivity index (χ2n) is 2.57. The fourth-order valence-corrected chi connectivity index (χ4v) is 0.950. The van der Waals surface area contributed by atoms with Crippen molar-refractivity contribution in [2.45, 2.75) is 0 Å². The van der Waals surface area contributed by atoms with E-state index < -0.39 is 0 Å². The number of amides is 2. The Bertz CT molecular complexity index is 324. The van der Waals surface area contributed by atoms with Gasteiger partial charge in [-0.05, 0) is 12.1 Å². The predicted octanol–water partition coefficient (Wildman–Crippen LogP) is 2.81. The van der Waals surface area contributed by atoms with Crippen LogP contribution in [0, 0.1) is 0 Å². The summed E-state index contributed by atoms with van der Waals surface area (Å²) in [7, 11) is 0. The highest BCUT2D eigenvalue weighted by molar-refractivity contribution is 5.90. The van der Waals surface area contributed by atoms with Crippen LogP contribution in [0.2, 0.25) is 0 Å². The van der Waals surface area contributed by atoms with Gasteiger partial charge in [-0.1, -0.05) is 31.4 Å². The molecule has 1 aromatic rings. The minimum Gasteiger partial charge on any atom is -0.307 e. The number of hydrogen-bond acceptors (Lipinski definition) is 1. The molecule has 1 N–H and O–H groups in total. The normalized spacial score (nSPS) is 8.86. The van der Waals surface area contributed by atoms with Crippen LogP contribution in [0.4, 0.5) is 10.5 Å². The van der Waals surface area contributed by atoms with Crippen LogP contribution in [0.25, 0.3) is 0 Å². The zero-order chi connectivity index (χ0) is 10.4. The van der Waals surface area contributed by atoms with E-state index in [9.17, 15) is 4.79 Å². The minimum atomic E-state index is -0.277. The number of nitrogens with zero attached hydrogens (tertiary/aromatic N) is 1. The average molecular weight is 188 g/mol. The van der Waals surface area contributed by atoms with E-state index in [1.54, 1.807) is 0 Å². The van der Waals surface area contributed by atoms with Gasteiger partial charge in [0.2, 0.25) is 0 Å². The second-order valence-corrected chi connectivity index (χ2v) is 2.57. The third-order valence-corrected chi connectivity index (χ3v) is 1.65. The molecule has 1 rings (SSSR count). The Morgan fingerprint density at radius 2 is 1.79 bits per heavy atom. The summed E-state index contributed by atoms with van der Waals surface area (Å²) in [6, 6.07) is 8.92. The number of nitrogens with one attached hydrogen (secondary N) is 1. The third kappa shape index (κ3) is 2.48. The molecule has 0 heterocycles. The highest BCUT2D eigenvalue weighted by Crippen LogP contribution is 2.06. The van der Waals surface area contributed by atoms with E-state index in [1.165, 1.54) is 17.3 Å². The van der Waals surface area contributed by atoms with E-state index in [1.807, 2.05) is 30.3 Å². The van der Waals surface area contributed by atoms with Crippen LogP contribution in [0.5, 0.6) is 0 Å². The molecule has 0 radical (unpaired) electrons. The van der Waals surface area contributed by atoms with E-state index in [2.05, 4.69) is 18.5 Å². The van der Waals surface area contributed by atoms with Gasteiger partial charge in [0.15, 0.2) is 0 Å². The highest BCUT2D eigenvalue weighted by Gasteiger charge is 2.05. The number of rotatable bonds is 3. The van der Waals surface area contributed by atoms with Crippen molar-refractivity contribution < 1.29 is 4.79 Å². The molecule has 0 unspecified atom stereocenters. The number of urea groups is 1. The standard InChI is InChI=1S/C11H12N2O/c1-3-13(4-2)11(14)12-10-8-6-5-7-9-10/h3-9H,1-2H2,(H,12,14). The first kappa shape index (κ1) is 10.1. The molecule has 0 bridgehead atoms. The van der Waals surface area contributed by atoms with Crippen molar-refractivity contribution in [2.75, 3.05) is 5.32 Å². The SMILES string of the molecule is C=CN(C=C)C(=O)Nc1ccccc1. The van der Waals surface area contributed by atoms with Crippen molar-refractivity contribution in [3.05, 3.63) is 55.9 Å². The number of anilines is 1. The van der Waals surface area contributed by atoms with Crippen LogP contribution in [-0.2, 0) is 0 Å². The fourth-order valence-electron chi connectivity index (χ4n) is 0.950. The molecule has 2 amide bonds. The van der Waals surface area contributed by atoms with Gasteiger partial charge < -0.3 is 5.32 Å². The molecule has 0 spiro atoms. The van der Waals surface area contributed by atoms with Gasteiger partial charge in [-0.25, -0.2) is 4.79 Å². The van der Waals surface area contributed by atoms with E-state index >= 15 is 0 Å². The van der Waals surface area contributed by atoms with E-state index in [-0.39, 0.29) is 6.03 Å². The molecule has 3 nitrogen and oxygen atoms in total. The van der Waals surface area contributed by atoms with Crippen molar-refractivity contribution >= 4 is 11.7 Å². The Labute approximate surface area is 83.3 Å². The molecule has 0 aliphatic rings. The number of para-hydroxylation sites is 1. The molecular formula is C11H12N2O. The molecular weight excluding hydrogens is 176 g/mol. The molecule has 72 valence electrons. The molecule has 1 aromatic carbocycles. The first-order chi connectivity index (χ1) is 6.77. The van der Waals surface area contributed by atoms with Crippen LogP contribution < -0.4 is 5.32 Å². The summed E-state index contributed by atoms with van der Waals surface area (Å²) in [4.78, 5) is 12.7. The first-order valence-corrected chi connectivity index (χ1v) is 4.17. The van der Waals surface area contributed by atoms with Gasteiger partial charge in [0, 0.05) is 18.1 Å². The molecule has 14 heavy (non-hydrogen) atoms. The summed E-state index contributed by atoms with van der Waals surface area (Å²) >= 11 is 0. The molecule has 0 atom stereocenters. The number of carbonyl (C=O) groups excluding carboxylic acids is 1. The quantitative estimate of drug-likeness (QED) is 0.777. The van der Waals surface area contributed by atoms with Crippen LogP contribution in [0.3, 0.4) is 0 Å². The van der Waals surface area contributed by atoms with Crippen molar-refractivity contribution in [2.24, 2.45) is 0 Å². The minimum absolute atomic E-state index is 0.277. The molecule has 3 heteroatoms. The van der Waals surface area contributed by atoms with Crippen LogP contribution in [0.15, 0.2) is 55.9 Å². The van der Waals surface area contributed by atoms with E-state index in [4.69, 9.17) is 0 Å². The van der Waals surface area contributed by atoms with Crippen molar-refractivity contribution in [1.82, 2.24) is 4.90 Å². The van der Waals surface area contributed by atoms with Gasteiger partial charge in [-0.15, -0.1) is 0 Å². The summed E-state index contributed by atoms with van der Waals surface area (Å²) in [6.07, 6.45) is 2.79. The monoisotopic (exact) mass is 188 g/mol. The average Bonchev–Trinajstić information content (AvgIpc) is 2.21. The van der Waals surface area contributed by atoms with Crippen molar-refractivity contribution in [3.8, 4) is 0 Å². The van der Waals surface area contributed by atoms with Crippen LogP contribution >= 0.6 is 0 Å². The van der Waals surface area contributed by atoms with Gasteiger partial charge >= 0.3 is 6.03 Å². The lowest BCUT2D eigenvalue weighted by atomic mass is 10.3. The Morgan fingerprint density at radius 3 is 2.29 bits per heavy atom. The lowest BCUT2D eigenvalue weighted by Crippen LogP contribution is -2.25. The van der Waals surface area contributed by atoms with Crippen molar-refractivity contribution in [3.63, 3.8) is 0 Å². The van der Waals surface area contributed by atoms with Gasteiger partial charge in [-0.3, -0.25) is 4.90 Å². The maximum atomic E-state index is 11.4. The first-order valence-electron chi connectivity index (χ1n) is 4.17. The maximum Gasteiger partial charge on any atom is 0.329 e. The Kier molecular flexibility index (Phi) is 3.49. The summed E-state index contributed by atoms with van der Waals surface area (Å²) in [5.74, 6) is 0. The Morgan fingerprint density at radius 1 is 1.21 bits per heavy atom. The third-order valence-electron chi connectivity index (χ3n) is 1.65. The molecule has 0 fully saturated rings. The summed E-state index contributed by atoms with van der Waals surface area (Å²) in [6.45, 7) is 6.98. The Balaban J connectivity index is 2.65. The van der Waals surface area contributed by atoms with E-state index in [0.29, 0.717) is 0 Å². The zero-order valence-corrected chi connectivity index (χ0v) is 7.81. The number of benzene rings is 1. The lowest BCUT2D eigenvalue weighted by Gasteiger charge is -2.13. The fraction of sp³-hybridized carbons (Fsp3) is 0. The predicted molar refractivity (Wildman–Crippen MR) is 57.7 cm³/mol. The summed E-state index contributed by atoms with van der Waals surface area (Å²) in [5.41, 5.74) is 0.742. The smallest absolute Gasteiger partial charge is 0.307 e. The largest absolute Gasteiger partial charge is 0.329 e. The van der Waals surface area contributed by atoms with Gasteiger partial charge in [0.25, 0.3) is 0 Å². The summed E-state index contributed by atoms with van der Waals surface area (Å²) in [5, 5.41) is 2.69. The maximum absolute atomic E-state index is 11.4. The molecule has 0 aromatic heterocycles. The zero-order valence-electron chi connectivity index (χ0n) is 7.81.